The lowest BCUT2D eigenvalue weighted by Gasteiger charge is -2.45. The Hall–Kier alpha value is -2.43. The molecule has 0 aliphatic carbocycles. The molecule has 33 heavy (non-hydrogen) atoms. The molecule has 172 valence electrons. The average molecular weight is 481 g/mol. The molecular formula is C23H28N8S2. The lowest BCUT2D eigenvalue weighted by Crippen LogP contribution is -2.58. The molecule has 4 aromatic rings. The Morgan fingerprint density at radius 2 is 1.64 bits per heavy atom. The van der Waals surface area contributed by atoms with Crippen molar-refractivity contribution in [2.45, 2.75) is 70.5 Å². The molecule has 6 rings (SSSR count). The summed E-state index contributed by atoms with van der Waals surface area (Å²) in [7, 11) is 2.19. The van der Waals surface area contributed by atoms with E-state index in [1.165, 1.54) is 12.8 Å². The highest BCUT2D eigenvalue weighted by atomic mass is 32.1. The maximum absolute atomic E-state index is 4.95. The van der Waals surface area contributed by atoms with Crippen LogP contribution in [0.25, 0.3) is 31.6 Å². The van der Waals surface area contributed by atoms with Crippen LogP contribution in [0, 0.1) is 13.8 Å². The highest BCUT2D eigenvalue weighted by molar-refractivity contribution is 7.29. The van der Waals surface area contributed by atoms with Gasteiger partial charge >= 0.3 is 0 Å². The summed E-state index contributed by atoms with van der Waals surface area (Å²) in [5, 5.41) is 13.0. The van der Waals surface area contributed by atoms with E-state index in [1.54, 1.807) is 35.1 Å². The molecule has 0 saturated carbocycles. The van der Waals surface area contributed by atoms with Gasteiger partial charge in [-0.3, -0.25) is 10.1 Å². The van der Waals surface area contributed by atoms with Crippen LogP contribution in [-0.4, -0.2) is 54.3 Å². The minimum absolute atomic E-state index is 0.240. The van der Waals surface area contributed by atoms with E-state index >= 15 is 0 Å². The van der Waals surface area contributed by atoms with Gasteiger partial charge in [-0.15, -0.1) is 0 Å². The summed E-state index contributed by atoms with van der Waals surface area (Å²) in [5.41, 5.74) is 5.01. The number of aryl methyl sites for hydroxylation is 2. The van der Waals surface area contributed by atoms with Crippen LogP contribution in [0.2, 0.25) is 0 Å². The molecule has 3 atom stereocenters. The maximum Gasteiger partial charge on any atom is 0.188 e. The van der Waals surface area contributed by atoms with Crippen molar-refractivity contribution in [2.75, 3.05) is 11.9 Å². The van der Waals surface area contributed by atoms with E-state index in [0.717, 1.165) is 61.0 Å². The largest absolute Gasteiger partial charge is 0.348 e. The Bertz CT molecular complexity index is 1270. The fraction of sp³-hybridized carbons (Fsp3) is 0.522. The molecule has 0 amide bonds. The van der Waals surface area contributed by atoms with Gasteiger partial charge in [0.05, 0.1) is 23.8 Å². The SMILES string of the molecule is Cc1n[nH]c(C)c1-c1cnc(-c2nc3sc(N(C)[C@H]4C[C@]5(C)CC[C@](C)(C4)N5)nc3s2)cn1. The summed E-state index contributed by atoms with van der Waals surface area (Å²) in [6.07, 6.45) is 8.42. The van der Waals surface area contributed by atoms with Gasteiger partial charge in [-0.25, -0.2) is 15.0 Å². The van der Waals surface area contributed by atoms with E-state index in [0.29, 0.717) is 6.04 Å². The lowest BCUT2D eigenvalue weighted by atomic mass is 9.84. The Morgan fingerprint density at radius 3 is 2.24 bits per heavy atom. The van der Waals surface area contributed by atoms with Crippen LogP contribution in [0.1, 0.15) is 50.9 Å². The molecule has 0 radical (unpaired) electrons. The van der Waals surface area contributed by atoms with E-state index in [-0.39, 0.29) is 11.1 Å². The van der Waals surface area contributed by atoms with Gasteiger partial charge in [0.1, 0.15) is 10.7 Å². The molecular weight excluding hydrogens is 452 g/mol. The van der Waals surface area contributed by atoms with Crippen LogP contribution in [0.4, 0.5) is 5.13 Å². The maximum atomic E-state index is 4.95. The second kappa shape index (κ2) is 7.28. The van der Waals surface area contributed by atoms with Crippen LogP contribution in [-0.2, 0) is 0 Å². The van der Waals surface area contributed by atoms with Crippen molar-refractivity contribution in [3.63, 3.8) is 0 Å². The summed E-state index contributed by atoms with van der Waals surface area (Å²) in [6, 6.07) is 0.497. The van der Waals surface area contributed by atoms with Gasteiger partial charge in [0.15, 0.2) is 14.8 Å². The fourth-order valence-electron chi connectivity index (χ4n) is 5.64. The molecule has 0 aromatic carbocycles. The number of H-pyrrole nitrogens is 1. The second-order valence-electron chi connectivity index (χ2n) is 10.1. The fourth-order valence-corrected chi connectivity index (χ4v) is 7.68. The number of thiazole rings is 2. The summed E-state index contributed by atoms with van der Waals surface area (Å²) < 4.78 is 0. The van der Waals surface area contributed by atoms with Crippen molar-refractivity contribution in [2.24, 2.45) is 0 Å². The van der Waals surface area contributed by atoms with Gasteiger partial charge in [-0.1, -0.05) is 22.7 Å². The van der Waals surface area contributed by atoms with Crippen molar-refractivity contribution < 1.29 is 0 Å². The molecule has 0 unspecified atom stereocenters. The van der Waals surface area contributed by atoms with E-state index in [9.17, 15) is 0 Å². The van der Waals surface area contributed by atoms with Crippen molar-refractivity contribution in [1.82, 2.24) is 35.5 Å². The Balaban J connectivity index is 1.24. The van der Waals surface area contributed by atoms with E-state index < -0.39 is 0 Å². The van der Waals surface area contributed by atoms with Gasteiger partial charge in [0.25, 0.3) is 0 Å². The molecule has 2 aliphatic heterocycles. The van der Waals surface area contributed by atoms with E-state index in [4.69, 9.17) is 9.97 Å². The van der Waals surface area contributed by atoms with Crippen molar-refractivity contribution in [3.8, 4) is 22.0 Å². The average Bonchev–Trinajstić information content (AvgIpc) is 3.49. The number of aromatic nitrogens is 6. The number of anilines is 1. The predicted octanol–water partition coefficient (Wildman–Crippen LogP) is 4.72. The van der Waals surface area contributed by atoms with Gasteiger partial charge in [0, 0.05) is 35.4 Å². The highest BCUT2D eigenvalue weighted by Crippen LogP contribution is 2.45. The first kappa shape index (κ1) is 21.1. The van der Waals surface area contributed by atoms with Gasteiger partial charge < -0.3 is 10.2 Å². The minimum atomic E-state index is 0.240. The monoisotopic (exact) mass is 480 g/mol. The normalized spacial score (nSPS) is 26.9. The molecule has 2 N–H and O–H groups in total. The minimum Gasteiger partial charge on any atom is -0.348 e. The Labute approximate surface area is 200 Å². The number of aromatic amines is 1. The van der Waals surface area contributed by atoms with Gasteiger partial charge in [0.2, 0.25) is 0 Å². The zero-order valence-electron chi connectivity index (χ0n) is 19.6. The zero-order valence-corrected chi connectivity index (χ0v) is 21.2. The summed E-state index contributed by atoms with van der Waals surface area (Å²) >= 11 is 3.26. The van der Waals surface area contributed by atoms with Crippen LogP contribution in [0.5, 0.6) is 0 Å². The molecule has 6 heterocycles. The lowest BCUT2D eigenvalue weighted by molar-refractivity contribution is 0.208. The topological polar surface area (TPSA) is 95.5 Å². The van der Waals surface area contributed by atoms with Crippen molar-refractivity contribution >= 4 is 37.5 Å². The molecule has 2 fully saturated rings. The van der Waals surface area contributed by atoms with E-state index in [1.807, 2.05) is 13.8 Å². The number of rotatable bonds is 4. The highest BCUT2D eigenvalue weighted by Gasteiger charge is 2.49. The Kier molecular flexibility index (Phi) is 4.66. The standard InChI is InChI=1S/C23H28N8S2/c1-12-17(13(2)29-28-12)15-10-25-16(11-24-15)18-26-19-20(32-18)27-21(33-19)31(5)14-8-22(3)6-7-23(4,9-14)30-22/h10-11,14,30H,6-9H2,1-5H3,(H,28,29)/t14-,22-,23+. The quantitative estimate of drug-likeness (QED) is 0.436. The first-order chi connectivity index (χ1) is 15.7. The molecule has 2 aliphatic rings. The summed E-state index contributed by atoms with van der Waals surface area (Å²) in [6.45, 7) is 8.70. The molecule has 2 saturated heterocycles. The Morgan fingerprint density at radius 1 is 0.970 bits per heavy atom. The van der Waals surface area contributed by atoms with Crippen LogP contribution >= 0.6 is 22.7 Å². The number of nitrogens with one attached hydrogen (secondary N) is 2. The number of fused-ring (bicyclic) bond motifs is 3. The number of piperidine rings is 1. The molecule has 0 spiro atoms. The number of hydrogen-bond donors (Lipinski definition) is 2. The van der Waals surface area contributed by atoms with Gasteiger partial charge in [-0.2, -0.15) is 5.10 Å². The second-order valence-corrected chi connectivity index (χ2v) is 12.1. The first-order valence-corrected chi connectivity index (χ1v) is 13.0. The van der Waals surface area contributed by atoms with Crippen molar-refractivity contribution in [3.05, 3.63) is 23.8 Å². The van der Waals surface area contributed by atoms with Crippen LogP contribution in [0.3, 0.4) is 0 Å². The predicted molar refractivity (Wildman–Crippen MR) is 134 cm³/mol. The van der Waals surface area contributed by atoms with E-state index in [2.05, 4.69) is 51.3 Å². The molecule has 4 aromatic heterocycles. The number of hydrogen-bond acceptors (Lipinski definition) is 9. The summed E-state index contributed by atoms with van der Waals surface area (Å²) in [5.74, 6) is 0. The molecule has 10 heteroatoms. The molecule has 2 bridgehead atoms. The van der Waals surface area contributed by atoms with Gasteiger partial charge in [-0.05, 0) is 53.4 Å². The zero-order chi connectivity index (χ0) is 23.0. The number of nitrogens with zero attached hydrogens (tertiary/aromatic N) is 6. The molecule has 8 nitrogen and oxygen atoms in total. The third-order valence-corrected chi connectivity index (χ3v) is 9.41. The smallest absolute Gasteiger partial charge is 0.188 e. The van der Waals surface area contributed by atoms with Crippen molar-refractivity contribution in [1.29, 1.82) is 0 Å². The summed E-state index contributed by atoms with van der Waals surface area (Å²) in [4.78, 5) is 23.4. The third-order valence-electron chi connectivity index (χ3n) is 7.27. The van der Waals surface area contributed by atoms with Crippen LogP contribution < -0.4 is 10.2 Å². The third kappa shape index (κ3) is 3.55. The van der Waals surface area contributed by atoms with Crippen LogP contribution in [0.15, 0.2) is 12.4 Å². The first-order valence-electron chi connectivity index (χ1n) is 11.4.